The molecule has 1 amide bonds. The van der Waals surface area contributed by atoms with Gasteiger partial charge in [0.15, 0.2) is 6.29 Å². The average molecular weight is 327 g/mol. The number of pyridine rings is 1. The fourth-order valence-corrected chi connectivity index (χ4v) is 2.51. The number of hydrogen-bond acceptors (Lipinski definition) is 5. The summed E-state index contributed by atoms with van der Waals surface area (Å²) in [7, 11) is 0. The van der Waals surface area contributed by atoms with Crippen molar-refractivity contribution in [1.82, 2.24) is 10.5 Å². The molecule has 2 heterocycles. The van der Waals surface area contributed by atoms with E-state index < -0.39 is 0 Å². The zero-order valence-corrected chi connectivity index (χ0v) is 13.4. The lowest BCUT2D eigenvalue weighted by Crippen LogP contribution is -2.33. The second-order valence-electron chi connectivity index (χ2n) is 5.60. The lowest BCUT2D eigenvalue weighted by Gasteiger charge is -2.22. The van der Waals surface area contributed by atoms with Crippen molar-refractivity contribution in [3.63, 3.8) is 0 Å². The van der Waals surface area contributed by atoms with Gasteiger partial charge in [0.25, 0.3) is 5.91 Å². The Morgan fingerprint density at radius 2 is 2.04 bits per heavy atom. The third-order valence-electron chi connectivity index (χ3n) is 3.82. The van der Waals surface area contributed by atoms with Gasteiger partial charge in [-0.2, -0.15) is 0 Å². The van der Waals surface area contributed by atoms with E-state index in [4.69, 9.17) is 9.57 Å². The van der Waals surface area contributed by atoms with Crippen LogP contribution in [0.1, 0.15) is 35.2 Å². The molecule has 126 valence electrons. The summed E-state index contributed by atoms with van der Waals surface area (Å²) in [5, 5.41) is 3.27. The number of para-hydroxylation sites is 1. The van der Waals surface area contributed by atoms with Crippen LogP contribution >= 0.6 is 0 Å². The molecule has 0 saturated carbocycles. The molecule has 2 aromatic rings. The van der Waals surface area contributed by atoms with E-state index in [1.807, 2.05) is 30.3 Å². The third-order valence-corrected chi connectivity index (χ3v) is 3.82. The van der Waals surface area contributed by atoms with Crippen LogP contribution in [-0.4, -0.2) is 23.8 Å². The predicted molar refractivity (Wildman–Crippen MR) is 90.1 cm³/mol. The maximum absolute atomic E-state index is 12.4. The zero-order valence-electron chi connectivity index (χ0n) is 13.4. The molecule has 6 nitrogen and oxygen atoms in total. The number of carbonyl (C=O) groups excluding carboxylic acids is 1. The first-order valence-electron chi connectivity index (χ1n) is 8.12. The van der Waals surface area contributed by atoms with Gasteiger partial charge in [-0.15, -0.1) is 0 Å². The number of hydrogen-bond donors (Lipinski definition) is 2. The first kappa shape index (κ1) is 16.4. The molecule has 1 atom stereocenters. The van der Waals surface area contributed by atoms with Crippen molar-refractivity contribution in [2.24, 2.45) is 0 Å². The summed E-state index contributed by atoms with van der Waals surface area (Å²) in [6, 6.07) is 11.2. The highest BCUT2D eigenvalue weighted by molar-refractivity contribution is 5.98. The zero-order chi connectivity index (χ0) is 16.6. The van der Waals surface area contributed by atoms with Crippen LogP contribution in [0, 0.1) is 0 Å². The number of nitrogens with one attached hydrogen (secondary N) is 2. The molecule has 2 N–H and O–H groups in total. The predicted octanol–water partition coefficient (Wildman–Crippen LogP) is 2.88. The van der Waals surface area contributed by atoms with Gasteiger partial charge in [0.05, 0.1) is 5.56 Å². The molecule has 1 unspecified atom stereocenters. The van der Waals surface area contributed by atoms with Gasteiger partial charge in [0.2, 0.25) is 0 Å². The van der Waals surface area contributed by atoms with E-state index in [1.54, 1.807) is 18.5 Å². The highest BCUT2D eigenvalue weighted by atomic mass is 16.8. The monoisotopic (exact) mass is 327 g/mol. The summed E-state index contributed by atoms with van der Waals surface area (Å²) in [5.74, 6) is -0.290. The Morgan fingerprint density at radius 3 is 2.83 bits per heavy atom. The van der Waals surface area contributed by atoms with Gasteiger partial charge < -0.3 is 10.1 Å². The molecular weight excluding hydrogens is 306 g/mol. The molecule has 1 aromatic carbocycles. The van der Waals surface area contributed by atoms with Gasteiger partial charge in [-0.3, -0.25) is 9.78 Å². The molecule has 0 bridgehead atoms. The van der Waals surface area contributed by atoms with E-state index in [0.717, 1.165) is 30.5 Å². The van der Waals surface area contributed by atoms with E-state index >= 15 is 0 Å². The third kappa shape index (κ3) is 4.53. The molecule has 0 aliphatic carbocycles. The van der Waals surface area contributed by atoms with Crippen LogP contribution in [-0.2, 0) is 16.1 Å². The topological polar surface area (TPSA) is 72.5 Å². The van der Waals surface area contributed by atoms with Gasteiger partial charge in [0, 0.05) is 37.7 Å². The van der Waals surface area contributed by atoms with E-state index in [9.17, 15) is 4.79 Å². The summed E-state index contributed by atoms with van der Waals surface area (Å²) < 4.78 is 5.44. The normalized spacial score (nSPS) is 17.2. The van der Waals surface area contributed by atoms with Crippen molar-refractivity contribution in [2.45, 2.75) is 32.1 Å². The first-order valence-corrected chi connectivity index (χ1v) is 8.12. The lowest BCUT2D eigenvalue weighted by molar-refractivity contribution is -0.186. The molecule has 1 aliphatic rings. The summed E-state index contributed by atoms with van der Waals surface area (Å²) in [6.45, 7) is 1.28. The number of hydroxylamine groups is 1. The Balaban J connectivity index is 1.59. The maximum atomic E-state index is 12.4. The Morgan fingerprint density at radius 1 is 1.21 bits per heavy atom. The second kappa shape index (κ2) is 8.42. The number of anilines is 1. The SMILES string of the molecule is O=C(NOC1CCCCO1)c1ccccc1NCc1ccncc1. The van der Waals surface area contributed by atoms with Crippen molar-refractivity contribution in [3.05, 3.63) is 59.9 Å². The average Bonchev–Trinajstić information content (AvgIpc) is 2.66. The summed E-state index contributed by atoms with van der Waals surface area (Å²) in [4.78, 5) is 21.7. The molecule has 3 rings (SSSR count). The smallest absolute Gasteiger partial charge is 0.277 e. The van der Waals surface area contributed by atoms with Crippen molar-refractivity contribution < 1.29 is 14.4 Å². The summed E-state index contributed by atoms with van der Waals surface area (Å²) in [5.41, 5.74) is 4.86. The van der Waals surface area contributed by atoms with Crippen LogP contribution in [0.5, 0.6) is 0 Å². The fraction of sp³-hybridized carbons (Fsp3) is 0.333. The molecule has 1 fully saturated rings. The number of nitrogens with zero attached hydrogens (tertiary/aromatic N) is 1. The van der Waals surface area contributed by atoms with Gasteiger partial charge in [-0.05, 0) is 42.7 Å². The van der Waals surface area contributed by atoms with Crippen LogP contribution in [0.3, 0.4) is 0 Å². The molecule has 6 heteroatoms. The fourth-order valence-electron chi connectivity index (χ4n) is 2.51. The largest absolute Gasteiger partial charge is 0.380 e. The standard InChI is InChI=1S/C18H21N3O3/c22-18(21-24-17-7-3-4-12-23-17)15-5-1-2-6-16(15)20-13-14-8-10-19-11-9-14/h1-2,5-6,8-11,17,20H,3-4,7,12-13H2,(H,21,22). The number of aromatic nitrogens is 1. The molecule has 1 aliphatic heterocycles. The van der Waals surface area contributed by atoms with Gasteiger partial charge >= 0.3 is 0 Å². The Hall–Kier alpha value is -2.44. The van der Waals surface area contributed by atoms with E-state index in [1.165, 1.54) is 0 Å². The molecule has 1 saturated heterocycles. The molecule has 0 spiro atoms. The first-order chi connectivity index (χ1) is 11.8. The number of amides is 1. The van der Waals surface area contributed by atoms with E-state index in [-0.39, 0.29) is 12.2 Å². The number of benzene rings is 1. The maximum Gasteiger partial charge on any atom is 0.277 e. The van der Waals surface area contributed by atoms with Gasteiger partial charge in [-0.25, -0.2) is 10.3 Å². The Kier molecular flexibility index (Phi) is 5.76. The van der Waals surface area contributed by atoms with E-state index in [2.05, 4.69) is 15.8 Å². The highest BCUT2D eigenvalue weighted by Gasteiger charge is 2.17. The van der Waals surface area contributed by atoms with Crippen LogP contribution in [0.2, 0.25) is 0 Å². The van der Waals surface area contributed by atoms with Crippen LogP contribution in [0.15, 0.2) is 48.8 Å². The molecule has 1 aromatic heterocycles. The minimum Gasteiger partial charge on any atom is -0.380 e. The van der Waals surface area contributed by atoms with E-state index in [0.29, 0.717) is 18.7 Å². The Labute approximate surface area is 141 Å². The minimum absolute atomic E-state index is 0.290. The van der Waals surface area contributed by atoms with Gasteiger partial charge in [0.1, 0.15) is 0 Å². The quantitative estimate of drug-likeness (QED) is 0.798. The number of carbonyl (C=O) groups is 1. The molecule has 24 heavy (non-hydrogen) atoms. The van der Waals surface area contributed by atoms with Crippen molar-refractivity contribution in [1.29, 1.82) is 0 Å². The van der Waals surface area contributed by atoms with Crippen molar-refractivity contribution in [2.75, 3.05) is 11.9 Å². The van der Waals surface area contributed by atoms with Crippen LogP contribution in [0.25, 0.3) is 0 Å². The number of rotatable bonds is 6. The van der Waals surface area contributed by atoms with Crippen molar-refractivity contribution in [3.8, 4) is 0 Å². The van der Waals surface area contributed by atoms with Crippen LogP contribution < -0.4 is 10.8 Å². The van der Waals surface area contributed by atoms with Crippen LogP contribution in [0.4, 0.5) is 5.69 Å². The second-order valence-corrected chi connectivity index (χ2v) is 5.60. The highest BCUT2D eigenvalue weighted by Crippen LogP contribution is 2.17. The van der Waals surface area contributed by atoms with Crippen molar-refractivity contribution >= 4 is 11.6 Å². The summed E-state index contributed by atoms with van der Waals surface area (Å²) in [6.07, 6.45) is 6.00. The minimum atomic E-state index is -0.361. The Bertz CT molecular complexity index is 658. The molecule has 0 radical (unpaired) electrons. The number of ether oxygens (including phenoxy) is 1. The summed E-state index contributed by atoms with van der Waals surface area (Å²) >= 11 is 0. The van der Waals surface area contributed by atoms with Gasteiger partial charge in [-0.1, -0.05) is 12.1 Å². The molecular formula is C18H21N3O3. The lowest BCUT2D eigenvalue weighted by atomic mass is 10.1.